The highest BCUT2D eigenvalue weighted by molar-refractivity contribution is 5.46. The lowest BCUT2D eigenvalue weighted by Gasteiger charge is -2.27. The van der Waals surface area contributed by atoms with Crippen LogP contribution in [0.15, 0.2) is 11.6 Å². The van der Waals surface area contributed by atoms with Gasteiger partial charge in [-0.05, 0) is 19.4 Å². The maximum Gasteiger partial charge on any atom is 0.0800 e. The molecule has 0 saturated carbocycles. The van der Waals surface area contributed by atoms with Crippen LogP contribution in [0.4, 0.5) is 0 Å². The van der Waals surface area contributed by atoms with Gasteiger partial charge in [-0.1, -0.05) is 0 Å². The SMILES string of the molecule is C=C=NCCC[N+](C)(C)CC. The van der Waals surface area contributed by atoms with Gasteiger partial charge in [0.2, 0.25) is 0 Å². The fourth-order valence-corrected chi connectivity index (χ4v) is 0.815. The number of nitrogens with zero attached hydrogens (tertiary/aromatic N) is 2. The largest absolute Gasteiger partial charge is 0.329 e. The van der Waals surface area contributed by atoms with E-state index in [1.807, 2.05) is 0 Å². The van der Waals surface area contributed by atoms with Crippen LogP contribution >= 0.6 is 0 Å². The van der Waals surface area contributed by atoms with Crippen LogP contribution in [0.25, 0.3) is 0 Å². The Kier molecular flexibility index (Phi) is 4.84. The molecule has 0 fully saturated rings. The zero-order valence-corrected chi connectivity index (χ0v) is 7.93. The van der Waals surface area contributed by atoms with E-state index in [2.05, 4.69) is 38.5 Å². The number of aliphatic imine (C=N–C) groups is 1. The third kappa shape index (κ3) is 5.84. The van der Waals surface area contributed by atoms with Crippen LogP contribution in [0, 0.1) is 0 Å². The van der Waals surface area contributed by atoms with Gasteiger partial charge in [0.25, 0.3) is 0 Å². The summed E-state index contributed by atoms with van der Waals surface area (Å²) in [7, 11) is 4.47. The minimum atomic E-state index is 0.866. The number of rotatable bonds is 5. The van der Waals surface area contributed by atoms with Gasteiger partial charge in [0.05, 0.1) is 33.7 Å². The Hall–Kier alpha value is -0.590. The maximum absolute atomic E-state index is 3.94. The molecule has 0 N–H and O–H groups in total. The minimum Gasteiger partial charge on any atom is -0.329 e. The first-order valence-corrected chi connectivity index (χ1v) is 4.13. The van der Waals surface area contributed by atoms with E-state index in [-0.39, 0.29) is 0 Å². The summed E-state index contributed by atoms with van der Waals surface area (Å²) in [4.78, 5) is 3.94. The van der Waals surface area contributed by atoms with Crippen molar-refractivity contribution in [3.63, 3.8) is 0 Å². The van der Waals surface area contributed by atoms with E-state index in [4.69, 9.17) is 0 Å². The average molecular weight is 155 g/mol. The van der Waals surface area contributed by atoms with Crippen molar-refractivity contribution in [2.75, 3.05) is 33.7 Å². The van der Waals surface area contributed by atoms with Crippen molar-refractivity contribution in [1.82, 2.24) is 0 Å². The third-order valence-electron chi connectivity index (χ3n) is 2.00. The molecule has 0 aromatic carbocycles. The quantitative estimate of drug-likeness (QED) is 0.323. The summed E-state index contributed by atoms with van der Waals surface area (Å²) in [6.07, 6.45) is 1.13. The number of quaternary nitrogens is 1. The maximum atomic E-state index is 3.94. The highest BCUT2D eigenvalue weighted by Gasteiger charge is 2.09. The molecule has 0 unspecified atom stereocenters. The van der Waals surface area contributed by atoms with Crippen LogP contribution < -0.4 is 0 Å². The highest BCUT2D eigenvalue weighted by Crippen LogP contribution is 1.97. The minimum absolute atomic E-state index is 0.866. The molecule has 0 saturated heterocycles. The summed E-state index contributed by atoms with van der Waals surface area (Å²) >= 11 is 0. The first-order valence-electron chi connectivity index (χ1n) is 4.13. The van der Waals surface area contributed by atoms with E-state index in [1.54, 1.807) is 0 Å². The fraction of sp³-hybridized carbons (Fsp3) is 0.778. The van der Waals surface area contributed by atoms with Crippen LogP contribution in [0.1, 0.15) is 13.3 Å². The van der Waals surface area contributed by atoms with Crippen LogP contribution in [0.2, 0.25) is 0 Å². The molecule has 0 atom stereocenters. The van der Waals surface area contributed by atoms with Gasteiger partial charge < -0.3 is 4.48 Å². The van der Waals surface area contributed by atoms with Gasteiger partial charge >= 0.3 is 0 Å². The molecule has 0 aromatic rings. The Labute approximate surface area is 69.8 Å². The zero-order chi connectivity index (χ0) is 8.74. The molecule has 0 heterocycles. The van der Waals surface area contributed by atoms with Gasteiger partial charge in [0, 0.05) is 6.42 Å². The van der Waals surface area contributed by atoms with Gasteiger partial charge in [-0.3, -0.25) is 0 Å². The number of hydrogen-bond donors (Lipinski definition) is 0. The molecule has 64 valence electrons. The lowest BCUT2D eigenvalue weighted by molar-refractivity contribution is -0.888. The van der Waals surface area contributed by atoms with E-state index < -0.39 is 0 Å². The molecular formula is C9H19N2+. The highest BCUT2D eigenvalue weighted by atomic mass is 15.3. The molecule has 0 aliphatic rings. The van der Waals surface area contributed by atoms with Crippen molar-refractivity contribution in [3.05, 3.63) is 6.58 Å². The molecule has 0 rings (SSSR count). The van der Waals surface area contributed by atoms with Crippen LogP contribution in [0.5, 0.6) is 0 Å². The molecule has 0 aliphatic heterocycles. The Morgan fingerprint density at radius 2 is 2.09 bits per heavy atom. The smallest absolute Gasteiger partial charge is 0.0800 e. The Bertz CT molecular complexity index is 144. The summed E-state index contributed by atoms with van der Waals surface area (Å²) in [5.74, 6) is 2.54. The van der Waals surface area contributed by atoms with Gasteiger partial charge in [-0.2, -0.15) is 0 Å². The molecule has 0 radical (unpaired) electrons. The Morgan fingerprint density at radius 1 is 1.45 bits per heavy atom. The molecular weight excluding hydrogens is 136 g/mol. The number of hydrogen-bond acceptors (Lipinski definition) is 1. The van der Waals surface area contributed by atoms with Crippen LogP contribution in [-0.4, -0.2) is 44.1 Å². The molecule has 2 heteroatoms. The fourth-order valence-electron chi connectivity index (χ4n) is 0.815. The van der Waals surface area contributed by atoms with Gasteiger partial charge in [0.15, 0.2) is 0 Å². The van der Waals surface area contributed by atoms with E-state index in [9.17, 15) is 0 Å². The molecule has 0 aromatic heterocycles. The van der Waals surface area contributed by atoms with E-state index in [0.717, 1.165) is 17.4 Å². The third-order valence-corrected chi connectivity index (χ3v) is 2.00. The molecule has 2 nitrogen and oxygen atoms in total. The topological polar surface area (TPSA) is 12.4 Å². The van der Waals surface area contributed by atoms with Crippen molar-refractivity contribution in [1.29, 1.82) is 0 Å². The second-order valence-corrected chi connectivity index (χ2v) is 3.37. The summed E-state index contributed by atoms with van der Waals surface area (Å²) in [6, 6.07) is 0. The van der Waals surface area contributed by atoms with Crippen molar-refractivity contribution in [3.8, 4) is 0 Å². The van der Waals surface area contributed by atoms with Gasteiger partial charge in [-0.15, -0.1) is 0 Å². The molecule has 0 bridgehead atoms. The zero-order valence-electron chi connectivity index (χ0n) is 7.93. The predicted molar refractivity (Wildman–Crippen MR) is 50.1 cm³/mol. The van der Waals surface area contributed by atoms with Crippen molar-refractivity contribution in [2.24, 2.45) is 4.99 Å². The standard InChI is InChI=1S/C9H19N2/c1-5-10-8-7-9-11(3,4)6-2/h1,6-9H2,2-4H3/q+1. The molecule has 0 amide bonds. The van der Waals surface area contributed by atoms with Crippen LogP contribution in [0.3, 0.4) is 0 Å². The molecule has 0 aliphatic carbocycles. The lowest BCUT2D eigenvalue weighted by Crippen LogP contribution is -2.40. The normalized spacial score (nSPS) is 10.8. The summed E-state index contributed by atoms with van der Waals surface area (Å²) in [5, 5.41) is 0. The van der Waals surface area contributed by atoms with E-state index >= 15 is 0 Å². The Morgan fingerprint density at radius 3 is 2.55 bits per heavy atom. The van der Waals surface area contributed by atoms with Gasteiger partial charge in [0.1, 0.15) is 0 Å². The molecule has 0 spiro atoms. The summed E-state index contributed by atoms with van der Waals surface area (Å²) in [6.45, 7) is 8.85. The first kappa shape index (κ1) is 10.4. The molecule has 11 heavy (non-hydrogen) atoms. The van der Waals surface area contributed by atoms with Crippen molar-refractivity contribution >= 4 is 5.87 Å². The van der Waals surface area contributed by atoms with Crippen molar-refractivity contribution in [2.45, 2.75) is 13.3 Å². The second-order valence-electron chi connectivity index (χ2n) is 3.37. The summed E-state index contributed by atoms with van der Waals surface area (Å²) in [5.41, 5.74) is 0. The predicted octanol–water partition coefficient (Wildman–Crippen LogP) is 1.33. The summed E-state index contributed by atoms with van der Waals surface area (Å²) < 4.78 is 1.08. The second kappa shape index (κ2) is 5.11. The van der Waals surface area contributed by atoms with Crippen LogP contribution in [-0.2, 0) is 0 Å². The van der Waals surface area contributed by atoms with E-state index in [0.29, 0.717) is 0 Å². The lowest BCUT2D eigenvalue weighted by atomic mass is 10.3. The van der Waals surface area contributed by atoms with E-state index in [1.165, 1.54) is 13.1 Å². The average Bonchev–Trinajstić information content (AvgIpc) is 1.99. The monoisotopic (exact) mass is 155 g/mol. The van der Waals surface area contributed by atoms with Gasteiger partial charge in [-0.25, -0.2) is 4.99 Å². The Balaban J connectivity index is 3.45. The van der Waals surface area contributed by atoms with Crippen molar-refractivity contribution < 1.29 is 4.48 Å². The first-order chi connectivity index (χ1) is 5.12.